The molecule has 2 fully saturated rings. The van der Waals surface area contributed by atoms with Gasteiger partial charge in [-0.2, -0.15) is 4.31 Å². The van der Waals surface area contributed by atoms with Gasteiger partial charge in [0.05, 0.1) is 26.6 Å². The van der Waals surface area contributed by atoms with E-state index in [1.807, 2.05) is 0 Å². The highest BCUT2D eigenvalue weighted by molar-refractivity contribution is 8.07. The van der Waals surface area contributed by atoms with Gasteiger partial charge >= 0.3 is 21.3 Å². The average molecular weight is 832 g/mol. The van der Waals surface area contributed by atoms with E-state index in [0.29, 0.717) is 0 Å². The van der Waals surface area contributed by atoms with Crippen molar-refractivity contribution in [2.24, 2.45) is 7.05 Å². The first kappa shape index (κ1) is 39.8. The number of rotatable bonds is 13. The molecule has 26 nitrogen and oxygen atoms in total. The number of nitrogens with one attached hydrogen (secondary N) is 2. The standard InChI is InChI=1S/C23H32N9O17P3S/c1-8-26-17-11(19(36)27-8)25-6-31(17)22-15(35)16(43-3)10(47-22)5-44-50(38,39)48-51(40,41)49-52(42,53)45-4-9-13(33)14(34)21(46-9)32-7-30(2)12-18(32)28-23(24)29-20(12)37/h6-7,9-10,13-16,21-22,33-35H,4-5H2,1-3H3,(H6-,24,26,27,28,29,36,37,38,39,40,41,42,53)/t9-,10-,13+,14?,15+,16?,21-,22-,52?/m1/s1. The number of hydrogen-bond acceptors (Lipinski definition) is 20. The van der Waals surface area contributed by atoms with Gasteiger partial charge in [-0.3, -0.25) is 28.2 Å². The molecule has 6 rings (SSSR count). The van der Waals surface area contributed by atoms with Crippen LogP contribution in [0.15, 0.2) is 22.2 Å². The van der Waals surface area contributed by atoms with Gasteiger partial charge in [-0.25, -0.2) is 28.0 Å². The largest absolute Gasteiger partial charge is 0.779 e. The topological polar surface area (TPSA) is 367 Å². The van der Waals surface area contributed by atoms with Gasteiger partial charge in [-0.15, -0.1) is 0 Å². The molecule has 0 aliphatic carbocycles. The molecule has 9 N–H and O–H groups in total. The lowest BCUT2D eigenvalue weighted by atomic mass is 10.1. The number of methoxy groups -OCH3 is 1. The number of imidazole rings is 2. The van der Waals surface area contributed by atoms with Crippen molar-refractivity contribution < 1.29 is 75.6 Å². The zero-order chi connectivity index (χ0) is 38.8. The molecule has 2 saturated heterocycles. The fourth-order valence-electron chi connectivity index (χ4n) is 5.80. The molecule has 0 aromatic carbocycles. The van der Waals surface area contributed by atoms with E-state index in [4.69, 9.17) is 29.0 Å². The summed E-state index contributed by atoms with van der Waals surface area (Å²) in [7, 11) is -8.70. The number of phosphoric acid groups is 2. The lowest BCUT2D eigenvalue weighted by Crippen LogP contribution is -2.46. The van der Waals surface area contributed by atoms with Crippen LogP contribution in [0.1, 0.15) is 18.3 Å². The molecular weight excluding hydrogens is 799 g/mol. The van der Waals surface area contributed by atoms with E-state index in [2.05, 4.69) is 45.3 Å². The number of anilines is 1. The highest BCUT2D eigenvalue weighted by Gasteiger charge is 2.49. The van der Waals surface area contributed by atoms with Crippen molar-refractivity contribution in [1.29, 1.82) is 0 Å². The Bertz CT molecular complexity index is 2300. The number of nitrogens with zero attached hydrogens (tertiary/aromatic N) is 6. The Morgan fingerprint density at radius 1 is 1.02 bits per heavy atom. The summed E-state index contributed by atoms with van der Waals surface area (Å²) < 4.78 is 63.9. The Hall–Kier alpha value is -2.91. The zero-order valence-corrected chi connectivity index (χ0v) is 30.8. The van der Waals surface area contributed by atoms with E-state index in [1.165, 1.54) is 47.4 Å². The quantitative estimate of drug-likeness (QED) is 0.0475. The van der Waals surface area contributed by atoms with Crippen LogP contribution < -0.4 is 26.3 Å². The van der Waals surface area contributed by atoms with Crippen LogP contribution in [0, 0.1) is 6.92 Å². The second kappa shape index (κ2) is 14.6. The third kappa shape index (κ3) is 8.08. The smallest absolute Gasteiger partial charge is 0.485 e. The number of nitrogens with two attached hydrogens (primary N) is 1. The minimum absolute atomic E-state index is 0.0249. The molecule has 30 heteroatoms. The fraction of sp³-hybridized carbons (Fsp3) is 0.565. The van der Waals surface area contributed by atoms with Crippen molar-refractivity contribution in [2.45, 2.75) is 56.0 Å². The van der Waals surface area contributed by atoms with Gasteiger partial charge in [0.25, 0.3) is 17.1 Å². The maximum atomic E-state index is 12.8. The van der Waals surface area contributed by atoms with Gasteiger partial charge < -0.3 is 59.5 Å². The molecule has 11 atom stereocenters. The number of aromatic nitrogens is 8. The van der Waals surface area contributed by atoms with Crippen LogP contribution in [-0.2, 0) is 59.9 Å². The van der Waals surface area contributed by atoms with Crippen LogP contribution in [0.3, 0.4) is 0 Å². The van der Waals surface area contributed by atoms with Crippen molar-refractivity contribution in [1.82, 2.24) is 34.1 Å². The summed E-state index contributed by atoms with van der Waals surface area (Å²) in [6, 6.07) is 0. The number of nitrogen functional groups attached to an aromatic ring is 1. The summed E-state index contributed by atoms with van der Waals surface area (Å²) in [6.07, 6.45) is -9.11. The van der Waals surface area contributed by atoms with Gasteiger partial charge in [0, 0.05) is 7.11 Å². The number of hydrogen-bond donors (Lipinski definition) is 8. The second-order valence-electron chi connectivity index (χ2n) is 11.7. The summed E-state index contributed by atoms with van der Waals surface area (Å²) >= 11 is 4.62. The van der Waals surface area contributed by atoms with E-state index >= 15 is 0 Å². The highest BCUT2D eigenvalue weighted by atomic mass is 32.5. The van der Waals surface area contributed by atoms with Gasteiger partial charge in [0.15, 0.2) is 23.7 Å². The lowest BCUT2D eigenvalue weighted by Gasteiger charge is -2.30. The van der Waals surface area contributed by atoms with Crippen molar-refractivity contribution in [2.75, 3.05) is 26.1 Å². The van der Waals surface area contributed by atoms with Gasteiger partial charge in [0.1, 0.15) is 49.2 Å². The summed E-state index contributed by atoms with van der Waals surface area (Å²) in [5.41, 5.74) is 4.48. The molecule has 4 aromatic heterocycles. The second-order valence-corrected chi connectivity index (χ2v) is 17.6. The van der Waals surface area contributed by atoms with Crippen LogP contribution in [-0.4, -0.2) is 116 Å². The maximum absolute atomic E-state index is 12.8. The average Bonchev–Trinajstić information content (AvgIpc) is 3.76. The number of H-pyrrole nitrogens is 2. The number of phosphoric ester groups is 1. The first-order valence-electron chi connectivity index (χ1n) is 15.0. The Morgan fingerprint density at radius 3 is 2.42 bits per heavy atom. The molecule has 4 aromatic rings. The van der Waals surface area contributed by atoms with Gasteiger partial charge in [0.2, 0.25) is 11.7 Å². The number of aromatic amines is 2. The molecule has 2 aliphatic rings. The van der Waals surface area contributed by atoms with E-state index in [-0.39, 0.29) is 34.1 Å². The molecule has 6 heterocycles. The summed E-state index contributed by atoms with van der Waals surface area (Å²) in [6.45, 7) is -5.38. The summed E-state index contributed by atoms with van der Waals surface area (Å²) in [5, 5.41) is 32.1. The van der Waals surface area contributed by atoms with Crippen LogP contribution in [0.25, 0.3) is 22.3 Å². The Balaban J connectivity index is 1.06. The molecule has 5 unspecified atom stereocenters. The molecule has 0 bridgehead atoms. The molecule has 2 aliphatic heterocycles. The monoisotopic (exact) mass is 831 g/mol. The van der Waals surface area contributed by atoms with Crippen molar-refractivity contribution in [3.05, 3.63) is 39.2 Å². The minimum Gasteiger partial charge on any atom is -0.779 e. The van der Waals surface area contributed by atoms with E-state index in [9.17, 15) is 48.7 Å². The number of aliphatic hydroxyl groups excluding tert-OH is 3. The lowest BCUT2D eigenvalue weighted by molar-refractivity contribution is -0.745. The predicted octanol–water partition coefficient (Wildman–Crippen LogP) is -3.68. The molecule has 53 heavy (non-hydrogen) atoms. The van der Waals surface area contributed by atoms with Crippen molar-refractivity contribution >= 4 is 62.4 Å². The maximum Gasteiger partial charge on any atom is 0.485 e. The van der Waals surface area contributed by atoms with Crippen LogP contribution >= 0.6 is 22.4 Å². The molecule has 0 amide bonds. The Labute approximate surface area is 300 Å². The molecular formula is C23H32N9O17P3S. The predicted molar refractivity (Wildman–Crippen MR) is 173 cm³/mol. The third-order valence-corrected chi connectivity index (χ3v) is 13.1. The first-order valence-corrected chi connectivity index (χ1v) is 20.5. The number of aliphatic hydroxyl groups is 3. The molecule has 0 spiro atoms. The van der Waals surface area contributed by atoms with Gasteiger partial charge in [-0.05, 0) is 6.92 Å². The van der Waals surface area contributed by atoms with E-state index < -0.39 is 95.8 Å². The fourth-order valence-corrected chi connectivity index (χ4v) is 10.2. The Kier molecular flexibility index (Phi) is 11.0. The van der Waals surface area contributed by atoms with Crippen molar-refractivity contribution in [3.63, 3.8) is 0 Å². The van der Waals surface area contributed by atoms with Crippen LogP contribution in [0.2, 0.25) is 0 Å². The number of aryl methyl sites for hydroxylation is 2. The number of fused-ring (bicyclic) bond motifs is 2. The first-order chi connectivity index (χ1) is 24.7. The number of ether oxygens (including phenoxy) is 3. The minimum atomic E-state index is -5.82. The van der Waals surface area contributed by atoms with Crippen LogP contribution in [0.5, 0.6) is 0 Å². The van der Waals surface area contributed by atoms with E-state index in [1.54, 1.807) is 0 Å². The normalized spacial score (nSPS) is 29.8. The van der Waals surface area contributed by atoms with Crippen molar-refractivity contribution in [3.8, 4) is 0 Å². The third-order valence-electron chi connectivity index (χ3n) is 8.02. The SMILES string of the molecule is COC1[C@@H](COP(=O)(O)OP(=O)(O)OP([O-])(=S)OC[C@H]2O[C@@H]([n+]3cn(C)c4c(=O)[nH]c(N)nc43)C(O)[C@H]2O)O[C@@H](n2cnc3c(=O)[nH]c(C)nc32)[C@H]1O. The molecule has 0 saturated carbocycles. The molecule has 292 valence electrons. The highest BCUT2D eigenvalue weighted by Crippen LogP contribution is 2.66. The van der Waals surface area contributed by atoms with Gasteiger partial charge in [-0.1, -0.05) is 16.8 Å². The summed E-state index contributed by atoms with van der Waals surface area (Å²) in [5.74, 6) is -0.0156. The molecule has 0 radical (unpaired) electrons. The zero-order valence-electron chi connectivity index (χ0n) is 27.3. The Morgan fingerprint density at radius 2 is 1.72 bits per heavy atom. The van der Waals surface area contributed by atoms with Crippen LogP contribution in [0.4, 0.5) is 5.95 Å². The summed E-state index contributed by atoms with van der Waals surface area (Å²) in [4.78, 5) is 74.7. The van der Waals surface area contributed by atoms with E-state index in [0.717, 1.165) is 0 Å².